The molecule has 0 atom stereocenters. The molecular weight excluding hydrogens is 256 g/mol. The molecule has 1 heterocycles. The second kappa shape index (κ2) is 9.95. The molecule has 0 radical (unpaired) electrons. The molecule has 0 amide bonds. The van der Waals surface area contributed by atoms with E-state index in [9.17, 15) is 4.79 Å². The molecule has 2 N–H and O–H groups in total. The molecule has 1 rings (SSSR count). The van der Waals surface area contributed by atoms with Crippen LogP contribution in [0.15, 0.2) is 73.7 Å². The van der Waals surface area contributed by atoms with Crippen molar-refractivity contribution in [2.75, 3.05) is 0 Å². The molecule has 102 valence electrons. The quantitative estimate of drug-likeness (QED) is 0.816. The highest BCUT2D eigenvalue weighted by molar-refractivity contribution is 5.84. The molecule has 0 spiro atoms. The molecule has 20 heavy (non-hydrogen) atoms. The summed E-state index contributed by atoms with van der Waals surface area (Å²) in [5.74, 6) is -1.15. The predicted octanol–water partition coefficient (Wildman–Crippen LogP) is 2.27. The van der Waals surface area contributed by atoms with Crippen LogP contribution in [0.4, 0.5) is 0 Å². The van der Waals surface area contributed by atoms with Gasteiger partial charge in [-0.15, -0.1) is 0 Å². The van der Waals surface area contributed by atoms with E-state index in [4.69, 9.17) is 5.11 Å². The summed E-state index contributed by atoms with van der Waals surface area (Å²) < 4.78 is 0. The number of carboxylic acids is 1. The molecule has 0 unspecified atom stereocenters. The van der Waals surface area contributed by atoms with Gasteiger partial charge in [-0.25, -0.2) is 9.78 Å². The molecule has 0 aliphatic heterocycles. The Labute approximate surface area is 116 Å². The van der Waals surface area contributed by atoms with Gasteiger partial charge >= 0.3 is 5.97 Å². The number of H-pyrrole nitrogens is 1. The van der Waals surface area contributed by atoms with Crippen LogP contribution in [0, 0.1) is 0 Å². The third-order valence-electron chi connectivity index (χ3n) is 1.84. The zero-order valence-electron chi connectivity index (χ0n) is 10.6. The molecule has 0 aliphatic carbocycles. The monoisotopic (exact) mass is 270 g/mol. The Morgan fingerprint density at radius 1 is 0.900 bits per heavy atom. The maximum Gasteiger partial charge on any atom is 0.356 e. The molecule has 0 aliphatic rings. The normalized spacial score (nSPS) is 8.40. The number of hydrogen-bond acceptors (Lipinski definition) is 4. The molecule has 6 nitrogen and oxygen atoms in total. The van der Waals surface area contributed by atoms with Crippen LogP contribution in [0.5, 0.6) is 0 Å². The lowest BCUT2D eigenvalue weighted by molar-refractivity contribution is 0.0690. The van der Waals surface area contributed by atoms with Crippen molar-refractivity contribution in [3.63, 3.8) is 0 Å². The van der Waals surface area contributed by atoms with E-state index < -0.39 is 5.97 Å². The topological polar surface area (TPSA) is 91.8 Å². The van der Waals surface area contributed by atoms with E-state index in [1.165, 1.54) is 24.8 Å². The van der Waals surface area contributed by atoms with Gasteiger partial charge in [0.05, 0.1) is 6.20 Å². The Morgan fingerprint density at radius 3 is 2.50 bits per heavy atom. The van der Waals surface area contributed by atoms with Crippen molar-refractivity contribution < 1.29 is 9.90 Å². The largest absolute Gasteiger partial charge is 0.476 e. The van der Waals surface area contributed by atoms with Gasteiger partial charge in [-0.1, -0.05) is 12.1 Å². The summed E-state index contributed by atoms with van der Waals surface area (Å²) in [6, 6.07) is 8.77. The van der Waals surface area contributed by atoms with E-state index in [2.05, 4.69) is 19.9 Å². The second-order valence-corrected chi connectivity index (χ2v) is 3.31. The van der Waals surface area contributed by atoms with Crippen molar-refractivity contribution in [3.05, 3.63) is 79.4 Å². The van der Waals surface area contributed by atoms with Gasteiger partial charge in [-0.3, -0.25) is 9.97 Å². The van der Waals surface area contributed by atoms with E-state index in [1.54, 1.807) is 30.6 Å². The average molecular weight is 270 g/mol. The van der Waals surface area contributed by atoms with Crippen LogP contribution in [0.2, 0.25) is 0 Å². The molecule has 0 fully saturated rings. The fourth-order valence-electron chi connectivity index (χ4n) is 1.000. The maximum absolute atomic E-state index is 10.9. The molecule has 0 saturated carbocycles. The number of aromatic amines is 1. The van der Waals surface area contributed by atoms with Gasteiger partial charge in [0, 0.05) is 37.2 Å². The van der Waals surface area contributed by atoms with Crippen molar-refractivity contribution in [1.29, 1.82) is 0 Å². The highest BCUT2D eigenvalue weighted by atomic mass is 16.4. The Kier molecular flexibility index (Phi) is 7.49. The van der Waals surface area contributed by atoms with Crippen molar-refractivity contribution in [2.24, 2.45) is 0 Å². The molecule has 0 saturated heterocycles. The number of hydrogen-bond donors (Lipinski definition) is 2. The minimum absolute atomic E-state index is 0.169. The minimum atomic E-state index is -1.15. The van der Waals surface area contributed by atoms with Crippen LogP contribution in [0.3, 0.4) is 0 Å². The maximum atomic E-state index is 10.9. The van der Waals surface area contributed by atoms with Gasteiger partial charge in [-0.2, -0.15) is 0 Å². The number of rotatable bonds is 1. The SMILES string of the molecule is O=C(O)c1cncccncccccc[nH]ccn1. The number of nitrogens with zero attached hydrogens (tertiary/aromatic N) is 3. The Balaban J connectivity index is 3.25. The molecular formula is C14H14N4O2. The fraction of sp³-hybridized carbons (Fsp3) is 0. The van der Waals surface area contributed by atoms with Crippen LogP contribution in [0.25, 0.3) is 0 Å². The Bertz CT molecular complexity index is 553. The summed E-state index contributed by atoms with van der Waals surface area (Å²) in [6.07, 6.45) is 10.3. The van der Waals surface area contributed by atoms with Crippen LogP contribution in [-0.4, -0.2) is 31.0 Å². The fourth-order valence-corrected chi connectivity index (χ4v) is 1.000. The van der Waals surface area contributed by atoms with Gasteiger partial charge in [0.25, 0.3) is 0 Å². The lowest BCUT2D eigenvalue weighted by Crippen LogP contribution is -1.97. The summed E-state index contributed by atoms with van der Waals surface area (Å²) >= 11 is 0. The van der Waals surface area contributed by atoms with Crippen molar-refractivity contribution in [1.82, 2.24) is 19.9 Å². The highest BCUT2D eigenvalue weighted by Crippen LogP contribution is 1.84. The van der Waals surface area contributed by atoms with E-state index in [1.807, 2.05) is 12.1 Å². The number of aromatic carboxylic acids is 1. The van der Waals surface area contributed by atoms with Gasteiger partial charge in [0.2, 0.25) is 0 Å². The molecule has 1 aromatic heterocycles. The first-order chi connectivity index (χ1) is 9.80. The summed E-state index contributed by atoms with van der Waals surface area (Å²) in [5.41, 5.74) is -0.169. The Hall–Kier alpha value is -3.02. The summed E-state index contributed by atoms with van der Waals surface area (Å²) in [5, 5.41) is 8.90. The number of nitrogens with one attached hydrogen (secondary N) is 1. The van der Waals surface area contributed by atoms with E-state index in [0.29, 0.717) is 0 Å². The number of aromatic nitrogens is 4. The third kappa shape index (κ3) is 7.33. The van der Waals surface area contributed by atoms with Gasteiger partial charge in [-0.05, 0) is 18.2 Å². The summed E-state index contributed by atoms with van der Waals surface area (Å²) in [4.78, 5) is 25.2. The van der Waals surface area contributed by atoms with E-state index >= 15 is 0 Å². The molecule has 0 bridgehead atoms. The molecule has 1 aromatic rings. The first-order valence-corrected chi connectivity index (χ1v) is 5.73. The first-order valence-electron chi connectivity index (χ1n) is 5.73. The van der Waals surface area contributed by atoms with Crippen molar-refractivity contribution >= 4 is 5.97 Å². The Morgan fingerprint density at radius 2 is 1.65 bits per heavy atom. The zero-order valence-corrected chi connectivity index (χ0v) is 10.6. The zero-order chi connectivity index (χ0) is 14.5. The highest BCUT2D eigenvalue weighted by Gasteiger charge is 1.98. The average Bonchev–Trinajstić information content (AvgIpc) is 2.43. The van der Waals surface area contributed by atoms with Gasteiger partial charge in [0.1, 0.15) is 0 Å². The van der Waals surface area contributed by atoms with E-state index in [0.717, 1.165) is 6.20 Å². The number of carbonyl (C=O) groups is 1. The predicted molar refractivity (Wildman–Crippen MR) is 74.0 cm³/mol. The van der Waals surface area contributed by atoms with Crippen LogP contribution in [0.1, 0.15) is 10.5 Å². The second-order valence-electron chi connectivity index (χ2n) is 3.31. The smallest absolute Gasteiger partial charge is 0.356 e. The standard InChI is InChI=1S/C14H14N4O2/c19-14(20)13-12-17-9-5-8-15-6-3-1-2-4-7-16-10-11-18-13/h1-12,16H,(H,19,20). The molecule has 0 aromatic carbocycles. The minimum Gasteiger partial charge on any atom is -0.476 e. The lowest BCUT2D eigenvalue weighted by atomic mass is 10.5. The van der Waals surface area contributed by atoms with Crippen LogP contribution < -0.4 is 0 Å². The number of carboxylic acid groups (broad SMARTS) is 1. The van der Waals surface area contributed by atoms with Crippen LogP contribution >= 0.6 is 0 Å². The van der Waals surface area contributed by atoms with Gasteiger partial charge in [0.15, 0.2) is 5.69 Å². The summed E-state index contributed by atoms with van der Waals surface area (Å²) in [6.45, 7) is 0. The lowest BCUT2D eigenvalue weighted by Gasteiger charge is -1.84. The summed E-state index contributed by atoms with van der Waals surface area (Å²) in [7, 11) is 0. The van der Waals surface area contributed by atoms with Crippen molar-refractivity contribution in [3.8, 4) is 0 Å². The third-order valence-corrected chi connectivity index (χ3v) is 1.84. The van der Waals surface area contributed by atoms with Gasteiger partial charge < -0.3 is 10.1 Å². The van der Waals surface area contributed by atoms with Crippen LogP contribution in [-0.2, 0) is 0 Å². The first kappa shape index (κ1) is 15.0. The van der Waals surface area contributed by atoms with Crippen molar-refractivity contribution in [2.45, 2.75) is 0 Å². The molecule has 6 heteroatoms. The van der Waals surface area contributed by atoms with E-state index in [-0.39, 0.29) is 5.69 Å².